The van der Waals surface area contributed by atoms with Gasteiger partial charge in [0.05, 0.1) is 5.75 Å². The number of aromatic nitrogens is 1. The van der Waals surface area contributed by atoms with Gasteiger partial charge >= 0.3 is 0 Å². The molecule has 0 aliphatic carbocycles. The van der Waals surface area contributed by atoms with Crippen LogP contribution in [0.15, 0.2) is 35.4 Å². The zero-order valence-electron chi connectivity index (χ0n) is 9.44. The van der Waals surface area contributed by atoms with Crippen molar-refractivity contribution in [3.63, 3.8) is 0 Å². The van der Waals surface area contributed by atoms with E-state index in [1.54, 1.807) is 35.2 Å². The van der Waals surface area contributed by atoms with Gasteiger partial charge in [-0.25, -0.2) is 9.37 Å². The first-order valence-corrected chi connectivity index (χ1v) is 7.04. The van der Waals surface area contributed by atoms with Crippen LogP contribution in [0.1, 0.15) is 9.88 Å². The fourth-order valence-electron chi connectivity index (χ4n) is 1.35. The highest BCUT2D eigenvalue weighted by atomic mass is 32.2. The Kier molecular flexibility index (Phi) is 4.53. The van der Waals surface area contributed by atoms with Crippen LogP contribution in [0.25, 0.3) is 0 Å². The van der Waals surface area contributed by atoms with Gasteiger partial charge in [0.15, 0.2) is 0 Å². The third kappa shape index (κ3) is 3.80. The van der Waals surface area contributed by atoms with E-state index in [1.807, 2.05) is 13.2 Å². The van der Waals surface area contributed by atoms with E-state index >= 15 is 0 Å². The minimum atomic E-state index is -0.195. The maximum absolute atomic E-state index is 12.7. The van der Waals surface area contributed by atoms with Crippen LogP contribution in [0, 0.1) is 5.82 Å². The number of nitrogens with one attached hydrogen (secondary N) is 1. The lowest BCUT2D eigenvalue weighted by Crippen LogP contribution is -2.02. The number of rotatable bonds is 5. The molecule has 0 atom stereocenters. The Morgan fingerprint density at radius 3 is 2.82 bits per heavy atom. The quantitative estimate of drug-likeness (QED) is 0.842. The number of thiazole rings is 1. The summed E-state index contributed by atoms with van der Waals surface area (Å²) in [7, 11) is 1.92. The zero-order valence-corrected chi connectivity index (χ0v) is 11.1. The van der Waals surface area contributed by atoms with Gasteiger partial charge in [0.2, 0.25) is 0 Å². The van der Waals surface area contributed by atoms with Crippen LogP contribution < -0.4 is 5.32 Å². The topological polar surface area (TPSA) is 24.9 Å². The van der Waals surface area contributed by atoms with Crippen molar-refractivity contribution in [1.29, 1.82) is 0 Å². The highest BCUT2D eigenvalue weighted by molar-refractivity contribution is 7.98. The average molecular weight is 268 g/mol. The molecule has 0 aliphatic rings. The number of benzene rings is 1. The summed E-state index contributed by atoms with van der Waals surface area (Å²) in [5.41, 5.74) is 0. The highest BCUT2D eigenvalue weighted by Gasteiger charge is 2.02. The number of hydrogen-bond acceptors (Lipinski definition) is 4. The fourth-order valence-corrected chi connectivity index (χ4v) is 3.18. The Morgan fingerprint density at radius 1 is 1.35 bits per heavy atom. The Labute approximate surface area is 108 Å². The van der Waals surface area contributed by atoms with E-state index in [0.29, 0.717) is 0 Å². The lowest BCUT2D eigenvalue weighted by molar-refractivity contribution is 0.626. The summed E-state index contributed by atoms with van der Waals surface area (Å²) in [6, 6.07) is 6.55. The van der Waals surface area contributed by atoms with Crippen LogP contribution in [0.4, 0.5) is 4.39 Å². The normalized spacial score (nSPS) is 10.7. The van der Waals surface area contributed by atoms with Gasteiger partial charge in [-0.1, -0.05) is 0 Å². The van der Waals surface area contributed by atoms with E-state index in [2.05, 4.69) is 10.3 Å². The molecule has 2 aromatic rings. The third-order valence-electron chi connectivity index (χ3n) is 2.13. The summed E-state index contributed by atoms with van der Waals surface area (Å²) in [6.45, 7) is 0.860. The first-order chi connectivity index (χ1) is 8.28. The van der Waals surface area contributed by atoms with Crippen molar-refractivity contribution in [3.05, 3.63) is 46.2 Å². The molecule has 0 fully saturated rings. The lowest BCUT2D eigenvalue weighted by atomic mass is 10.4. The van der Waals surface area contributed by atoms with Crippen molar-refractivity contribution in [2.45, 2.75) is 17.2 Å². The molecule has 1 N–H and O–H groups in total. The van der Waals surface area contributed by atoms with Gasteiger partial charge in [0.1, 0.15) is 10.8 Å². The zero-order chi connectivity index (χ0) is 12.1. The molecule has 2 rings (SSSR count). The predicted octanol–water partition coefficient (Wildman–Crippen LogP) is 3.29. The van der Waals surface area contributed by atoms with Crippen LogP contribution >= 0.6 is 23.1 Å². The summed E-state index contributed by atoms with van der Waals surface area (Å²) in [6.07, 6.45) is 1.90. The standard InChI is InChI=1S/C12H13FN2S2/c1-14-6-11-7-15-12(17-11)8-16-10-4-2-9(13)3-5-10/h2-5,7,14H,6,8H2,1H3. The molecule has 0 bridgehead atoms. The summed E-state index contributed by atoms with van der Waals surface area (Å²) in [4.78, 5) is 6.66. The molecule has 1 heterocycles. The van der Waals surface area contributed by atoms with Crippen molar-refractivity contribution in [3.8, 4) is 0 Å². The first kappa shape index (κ1) is 12.5. The number of nitrogens with zero attached hydrogens (tertiary/aromatic N) is 1. The number of halogens is 1. The number of hydrogen-bond donors (Lipinski definition) is 1. The lowest BCUT2D eigenvalue weighted by Gasteiger charge is -1.98. The van der Waals surface area contributed by atoms with E-state index < -0.39 is 0 Å². The molecular weight excluding hydrogens is 255 g/mol. The first-order valence-electron chi connectivity index (χ1n) is 5.24. The predicted molar refractivity (Wildman–Crippen MR) is 70.8 cm³/mol. The molecule has 0 saturated heterocycles. The molecule has 2 nitrogen and oxygen atoms in total. The molecule has 5 heteroatoms. The van der Waals surface area contributed by atoms with E-state index in [4.69, 9.17) is 0 Å². The Balaban J connectivity index is 1.90. The second-order valence-corrected chi connectivity index (χ2v) is 5.74. The van der Waals surface area contributed by atoms with Crippen molar-refractivity contribution < 1.29 is 4.39 Å². The van der Waals surface area contributed by atoms with Crippen molar-refractivity contribution in [2.24, 2.45) is 0 Å². The van der Waals surface area contributed by atoms with Crippen LogP contribution in [-0.2, 0) is 12.3 Å². The molecule has 17 heavy (non-hydrogen) atoms. The SMILES string of the molecule is CNCc1cnc(CSc2ccc(F)cc2)s1. The Morgan fingerprint density at radius 2 is 2.12 bits per heavy atom. The second kappa shape index (κ2) is 6.14. The average Bonchev–Trinajstić information content (AvgIpc) is 2.77. The van der Waals surface area contributed by atoms with Gasteiger partial charge in [-0.2, -0.15) is 0 Å². The summed E-state index contributed by atoms with van der Waals surface area (Å²) in [5.74, 6) is 0.639. The van der Waals surface area contributed by atoms with Gasteiger partial charge in [0, 0.05) is 22.5 Å². The van der Waals surface area contributed by atoms with Crippen LogP contribution in [0.5, 0.6) is 0 Å². The van der Waals surface area contributed by atoms with Gasteiger partial charge in [0.25, 0.3) is 0 Å². The van der Waals surface area contributed by atoms with Gasteiger partial charge in [-0.15, -0.1) is 23.1 Å². The Hall–Kier alpha value is -0.910. The molecule has 0 saturated carbocycles. The maximum atomic E-state index is 12.7. The van der Waals surface area contributed by atoms with Crippen molar-refractivity contribution in [2.75, 3.05) is 7.05 Å². The fraction of sp³-hybridized carbons (Fsp3) is 0.250. The maximum Gasteiger partial charge on any atom is 0.123 e. The molecular formula is C12H13FN2S2. The van der Waals surface area contributed by atoms with Gasteiger partial charge in [-0.05, 0) is 31.3 Å². The van der Waals surface area contributed by atoms with Crippen molar-refractivity contribution >= 4 is 23.1 Å². The van der Waals surface area contributed by atoms with Gasteiger partial charge in [-0.3, -0.25) is 0 Å². The van der Waals surface area contributed by atoms with Crippen LogP contribution in [-0.4, -0.2) is 12.0 Å². The van der Waals surface area contributed by atoms with Crippen molar-refractivity contribution in [1.82, 2.24) is 10.3 Å². The highest BCUT2D eigenvalue weighted by Crippen LogP contribution is 2.25. The molecule has 90 valence electrons. The second-order valence-electron chi connectivity index (χ2n) is 3.49. The summed E-state index contributed by atoms with van der Waals surface area (Å²) < 4.78 is 12.7. The molecule has 0 aliphatic heterocycles. The van der Waals surface area contributed by atoms with Crippen LogP contribution in [0.3, 0.4) is 0 Å². The smallest absolute Gasteiger partial charge is 0.123 e. The largest absolute Gasteiger partial charge is 0.315 e. The molecule has 0 radical (unpaired) electrons. The summed E-state index contributed by atoms with van der Waals surface area (Å²) >= 11 is 3.39. The molecule has 0 spiro atoms. The van der Waals surface area contributed by atoms with E-state index in [9.17, 15) is 4.39 Å². The van der Waals surface area contributed by atoms with E-state index in [-0.39, 0.29) is 5.82 Å². The minimum absolute atomic E-state index is 0.195. The number of thioether (sulfide) groups is 1. The van der Waals surface area contributed by atoms with Gasteiger partial charge < -0.3 is 5.32 Å². The van der Waals surface area contributed by atoms with E-state index in [1.165, 1.54) is 17.0 Å². The minimum Gasteiger partial charge on any atom is -0.315 e. The van der Waals surface area contributed by atoms with E-state index in [0.717, 1.165) is 22.2 Å². The Bertz CT molecular complexity index is 468. The molecule has 0 amide bonds. The monoisotopic (exact) mass is 268 g/mol. The molecule has 1 aromatic carbocycles. The third-order valence-corrected chi connectivity index (χ3v) is 4.33. The molecule has 0 unspecified atom stereocenters. The van der Waals surface area contributed by atoms with Crippen LogP contribution in [0.2, 0.25) is 0 Å². The summed E-state index contributed by atoms with van der Waals surface area (Å²) in [5, 5.41) is 4.20. The molecule has 1 aromatic heterocycles.